The molecule has 106 valence electrons. The summed E-state index contributed by atoms with van der Waals surface area (Å²) in [6, 6.07) is 9.42. The molecule has 0 spiro atoms. The standard InChI is InChI=1S/C12H14N4O4/c13-16-14-11-9(17)10-8(20-15-11)6-18-12(19-10)7-4-2-1-3-5-7/h1-5,8-12,15,17H,6H2/t8?,9?,10-,11?,12?/m1/s1. The fraction of sp³-hybridized carbons (Fsp3) is 0.500. The van der Waals surface area contributed by atoms with E-state index in [0.29, 0.717) is 0 Å². The summed E-state index contributed by atoms with van der Waals surface area (Å²) in [7, 11) is 0. The average Bonchev–Trinajstić information content (AvgIpc) is 2.51. The van der Waals surface area contributed by atoms with Crippen LogP contribution in [0, 0.1) is 0 Å². The molecule has 0 aromatic heterocycles. The molecule has 8 heteroatoms. The van der Waals surface area contributed by atoms with Crippen LogP contribution < -0.4 is 5.48 Å². The van der Waals surface area contributed by atoms with Gasteiger partial charge in [-0.05, 0) is 5.53 Å². The average molecular weight is 278 g/mol. The fourth-order valence-corrected chi connectivity index (χ4v) is 2.29. The monoisotopic (exact) mass is 278 g/mol. The first kappa shape index (κ1) is 13.3. The summed E-state index contributed by atoms with van der Waals surface area (Å²) in [5.74, 6) is 0. The van der Waals surface area contributed by atoms with Gasteiger partial charge in [-0.3, -0.25) is 4.84 Å². The smallest absolute Gasteiger partial charge is 0.184 e. The Morgan fingerprint density at radius 1 is 1.35 bits per heavy atom. The number of nitrogens with one attached hydrogen (secondary N) is 1. The third-order valence-electron chi connectivity index (χ3n) is 3.31. The van der Waals surface area contributed by atoms with E-state index in [-0.39, 0.29) is 6.61 Å². The Morgan fingerprint density at radius 2 is 2.15 bits per heavy atom. The quantitative estimate of drug-likeness (QED) is 0.476. The second kappa shape index (κ2) is 5.76. The van der Waals surface area contributed by atoms with E-state index in [1.54, 1.807) is 0 Å². The van der Waals surface area contributed by atoms with Crippen molar-refractivity contribution in [2.45, 2.75) is 30.8 Å². The molecule has 4 unspecified atom stereocenters. The first-order valence-corrected chi connectivity index (χ1v) is 6.25. The van der Waals surface area contributed by atoms with Gasteiger partial charge >= 0.3 is 0 Å². The molecule has 2 N–H and O–H groups in total. The van der Waals surface area contributed by atoms with E-state index in [1.165, 1.54) is 0 Å². The predicted octanol–water partition coefficient (Wildman–Crippen LogP) is 1.00. The van der Waals surface area contributed by atoms with Crippen LogP contribution >= 0.6 is 0 Å². The van der Waals surface area contributed by atoms with Gasteiger partial charge in [0.15, 0.2) is 6.29 Å². The molecule has 0 bridgehead atoms. The van der Waals surface area contributed by atoms with Crippen molar-refractivity contribution in [3.05, 3.63) is 46.3 Å². The topological polar surface area (TPSA) is 109 Å². The van der Waals surface area contributed by atoms with Crippen molar-refractivity contribution in [1.29, 1.82) is 0 Å². The van der Waals surface area contributed by atoms with Crippen molar-refractivity contribution < 1.29 is 19.4 Å². The first-order chi connectivity index (χ1) is 9.79. The zero-order valence-corrected chi connectivity index (χ0v) is 10.5. The van der Waals surface area contributed by atoms with E-state index >= 15 is 0 Å². The zero-order valence-electron chi connectivity index (χ0n) is 10.5. The number of aliphatic hydroxyl groups excluding tert-OH is 1. The van der Waals surface area contributed by atoms with Crippen molar-refractivity contribution in [2.75, 3.05) is 6.61 Å². The molecule has 8 nitrogen and oxygen atoms in total. The lowest BCUT2D eigenvalue weighted by molar-refractivity contribution is -0.319. The lowest BCUT2D eigenvalue weighted by atomic mass is 10.0. The minimum absolute atomic E-state index is 0.275. The summed E-state index contributed by atoms with van der Waals surface area (Å²) in [6.07, 6.45) is -3.52. The first-order valence-electron chi connectivity index (χ1n) is 6.25. The maximum atomic E-state index is 10.2. The maximum Gasteiger partial charge on any atom is 0.184 e. The lowest BCUT2D eigenvalue weighted by Gasteiger charge is -2.43. The number of ether oxygens (including phenoxy) is 2. The molecular weight excluding hydrogens is 264 g/mol. The van der Waals surface area contributed by atoms with E-state index in [1.807, 2.05) is 30.3 Å². The van der Waals surface area contributed by atoms with E-state index in [9.17, 15) is 5.11 Å². The van der Waals surface area contributed by atoms with Gasteiger partial charge < -0.3 is 14.6 Å². The highest BCUT2D eigenvalue weighted by Crippen LogP contribution is 2.31. The maximum absolute atomic E-state index is 10.2. The molecule has 0 amide bonds. The molecule has 2 heterocycles. The Kier molecular flexibility index (Phi) is 3.83. The zero-order chi connectivity index (χ0) is 13.9. The molecule has 5 atom stereocenters. The summed E-state index contributed by atoms with van der Waals surface area (Å²) in [5.41, 5.74) is 11.8. The molecule has 2 fully saturated rings. The summed E-state index contributed by atoms with van der Waals surface area (Å²) in [4.78, 5) is 7.94. The Balaban J connectivity index is 1.75. The summed E-state index contributed by atoms with van der Waals surface area (Å²) < 4.78 is 11.3. The van der Waals surface area contributed by atoms with E-state index in [2.05, 4.69) is 15.5 Å². The van der Waals surface area contributed by atoms with Gasteiger partial charge in [-0.25, -0.2) is 0 Å². The van der Waals surface area contributed by atoms with Crippen molar-refractivity contribution >= 4 is 0 Å². The number of aliphatic hydroxyl groups is 1. The lowest BCUT2D eigenvalue weighted by Crippen LogP contribution is -2.61. The van der Waals surface area contributed by atoms with Crippen molar-refractivity contribution in [2.24, 2.45) is 5.11 Å². The minimum atomic E-state index is -1.00. The van der Waals surface area contributed by atoms with Crippen molar-refractivity contribution in [3.8, 4) is 0 Å². The van der Waals surface area contributed by atoms with E-state index in [0.717, 1.165) is 5.56 Å². The molecule has 0 aliphatic carbocycles. The molecular formula is C12H14N4O4. The third-order valence-corrected chi connectivity index (χ3v) is 3.31. The number of azide groups is 1. The summed E-state index contributed by atoms with van der Waals surface area (Å²) in [5, 5.41) is 13.6. The van der Waals surface area contributed by atoms with Crippen LogP contribution in [0.25, 0.3) is 10.4 Å². The molecule has 1 aromatic carbocycles. The highest BCUT2D eigenvalue weighted by atomic mass is 16.7. The Bertz CT molecular complexity index is 507. The second-order valence-electron chi connectivity index (χ2n) is 4.59. The molecule has 0 saturated carbocycles. The van der Waals surface area contributed by atoms with Crippen molar-refractivity contribution in [1.82, 2.24) is 5.48 Å². The van der Waals surface area contributed by atoms with E-state index < -0.39 is 30.8 Å². The summed E-state index contributed by atoms with van der Waals surface area (Å²) in [6.45, 7) is 0.275. The molecule has 2 saturated heterocycles. The normalized spacial score (nSPS) is 36.8. The number of hydrogen-bond donors (Lipinski definition) is 2. The predicted molar refractivity (Wildman–Crippen MR) is 67.0 cm³/mol. The highest BCUT2D eigenvalue weighted by molar-refractivity contribution is 5.16. The van der Waals surface area contributed by atoms with Gasteiger partial charge in [0.2, 0.25) is 0 Å². The largest absolute Gasteiger partial charge is 0.388 e. The van der Waals surface area contributed by atoms with Gasteiger partial charge in [0.25, 0.3) is 0 Å². The van der Waals surface area contributed by atoms with Crippen LogP contribution in [0.2, 0.25) is 0 Å². The van der Waals surface area contributed by atoms with Gasteiger partial charge in [0.05, 0.1) is 6.61 Å². The number of benzene rings is 1. The number of rotatable bonds is 2. The number of hydroxylamine groups is 1. The van der Waals surface area contributed by atoms with Crippen LogP contribution in [0.4, 0.5) is 0 Å². The molecule has 2 aliphatic rings. The number of nitrogens with zero attached hydrogens (tertiary/aromatic N) is 3. The van der Waals surface area contributed by atoms with Crippen molar-refractivity contribution in [3.63, 3.8) is 0 Å². The Morgan fingerprint density at radius 3 is 2.90 bits per heavy atom. The molecule has 2 aliphatic heterocycles. The number of hydrogen-bond acceptors (Lipinski definition) is 6. The third kappa shape index (κ3) is 2.48. The van der Waals surface area contributed by atoms with Crippen LogP contribution in [-0.2, 0) is 14.3 Å². The van der Waals surface area contributed by atoms with Gasteiger partial charge in [-0.2, -0.15) is 5.48 Å². The van der Waals surface area contributed by atoms with Crippen LogP contribution in [0.5, 0.6) is 0 Å². The van der Waals surface area contributed by atoms with E-state index in [4.69, 9.17) is 19.8 Å². The fourth-order valence-electron chi connectivity index (χ4n) is 2.29. The van der Waals surface area contributed by atoms with Gasteiger partial charge in [-0.1, -0.05) is 35.4 Å². The van der Waals surface area contributed by atoms with Crippen LogP contribution in [-0.4, -0.2) is 36.2 Å². The van der Waals surface area contributed by atoms with Gasteiger partial charge in [-0.15, -0.1) is 0 Å². The highest BCUT2D eigenvalue weighted by Gasteiger charge is 2.45. The molecule has 20 heavy (non-hydrogen) atoms. The van der Waals surface area contributed by atoms with Crippen LogP contribution in [0.3, 0.4) is 0 Å². The second-order valence-corrected chi connectivity index (χ2v) is 4.59. The molecule has 0 radical (unpaired) electrons. The van der Waals surface area contributed by atoms with Gasteiger partial charge in [0.1, 0.15) is 24.5 Å². The van der Waals surface area contributed by atoms with Crippen LogP contribution in [0.15, 0.2) is 35.4 Å². The number of fused-ring (bicyclic) bond motifs is 1. The van der Waals surface area contributed by atoms with Gasteiger partial charge in [0, 0.05) is 10.5 Å². The minimum Gasteiger partial charge on any atom is -0.388 e. The Labute approximate surface area is 114 Å². The molecule has 3 rings (SSSR count). The summed E-state index contributed by atoms with van der Waals surface area (Å²) >= 11 is 0. The Hall–Kier alpha value is -1.67. The van der Waals surface area contributed by atoms with Crippen LogP contribution in [0.1, 0.15) is 11.9 Å². The SMILES string of the molecule is [N-]=[N+]=NC1NOC2COC(c3ccccc3)O[C@H]2C1O. The molecule has 1 aromatic rings.